The number of aromatic amines is 1. The molecule has 0 saturated carbocycles. The molecule has 2 aromatic heterocycles. The van der Waals surface area contributed by atoms with Crippen molar-refractivity contribution in [1.29, 1.82) is 0 Å². The minimum atomic E-state index is -0.288. The molecule has 0 radical (unpaired) electrons. The molecule has 0 aliphatic rings. The number of phenolic OH excluding ortho intramolecular Hbond substituents is 1. The lowest BCUT2D eigenvalue weighted by molar-refractivity contribution is 0.197. The number of hydrogen-bond acceptors (Lipinski definition) is 5. The highest BCUT2D eigenvalue weighted by Crippen LogP contribution is 2.36. The molecule has 0 bridgehead atoms. The van der Waals surface area contributed by atoms with Crippen LogP contribution in [0.2, 0.25) is 0 Å². The van der Waals surface area contributed by atoms with E-state index in [-0.39, 0.29) is 30.3 Å². The zero-order chi connectivity index (χ0) is 23.7. The Morgan fingerprint density at radius 3 is 2.26 bits per heavy atom. The molecule has 3 aromatic carbocycles. The van der Waals surface area contributed by atoms with E-state index in [9.17, 15) is 9.90 Å². The lowest BCUT2D eigenvalue weighted by atomic mass is 10.0. The first-order chi connectivity index (χ1) is 16.6. The maximum Gasteiger partial charge on any atom is 0.282 e. The van der Waals surface area contributed by atoms with E-state index < -0.39 is 0 Å². The summed E-state index contributed by atoms with van der Waals surface area (Å²) in [5.74, 6) is 0.130. The van der Waals surface area contributed by atoms with Crippen molar-refractivity contribution in [2.24, 2.45) is 0 Å². The van der Waals surface area contributed by atoms with Gasteiger partial charge in [-0.1, -0.05) is 66.7 Å². The first-order valence-electron chi connectivity index (χ1n) is 10.9. The van der Waals surface area contributed by atoms with Gasteiger partial charge in [0.25, 0.3) is 5.56 Å². The smallest absolute Gasteiger partial charge is 0.282 e. The predicted octanol–water partition coefficient (Wildman–Crippen LogP) is 4.41. The average Bonchev–Trinajstić information content (AvgIpc) is 3.25. The first-order valence-corrected chi connectivity index (χ1v) is 10.9. The quantitative estimate of drug-likeness (QED) is 0.354. The van der Waals surface area contributed by atoms with Crippen LogP contribution in [0.4, 0.5) is 0 Å². The third-order valence-electron chi connectivity index (χ3n) is 5.68. The van der Waals surface area contributed by atoms with Crippen LogP contribution in [-0.4, -0.2) is 38.0 Å². The van der Waals surface area contributed by atoms with E-state index in [0.717, 1.165) is 16.7 Å². The number of phenols is 1. The van der Waals surface area contributed by atoms with Crippen molar-refractivity contribution in [3.63, 3.8) is 0 Å². The normalized spacial score (nSPS) is 11.1. The number of hydrogen-bond donors (Lipinski definition) is 3. The van der Waals surface area contributed by atoms with E-state index in [0.29, 0.717) is 28.2 Å². The Morgan fingerprint density at radius 1 is 0.912 bits per heavy atom. The minimum absolute atomic E-state index is 0.0331. The molecule has 7 nitrogen and oxygen atoms in total. The summed E-state index contributed by atoms with van der Waals surface area (Å²) in [5.41, 5.74) is 5.37. The molecule has 5 aromatic rings. The molecule has 0 aliphatic heterocycles. The van der Waals surface area contributed by atoms with Gasteiger partial charge < -0.3 is 19.9 Å². The Bertz CT molecular complexity index is 1520. The molecule has 0 saturated heterocycles. The lowest BCUT2D eigenvalue weighted by Crippen LogP contribution is -2.19. The first kappa shape index (κ1) is 21.5. The van der Waals surface area contributed by atoms with E-state index in [1.165, 1.54) is 10.6 Å². The minimum Gasteiger partial charge on any atom is -0.504 e. The summed E-state index contributed by atoms with van der Waals surface area (Å²) in [6, 6.07) is 24.3. The van der Waals surface area contributed by atoms with Crippen LogP contribution in [0.1, 0.15) is 5.69 Å². The molecule has 0 fully saturated rings. The van der Waals surface area contributed by atoms with Crippen LogP contribution in [0.3, 0.4) is 0 Å². The van der Waals surface area contributed by atoms with Crippen LogP contribution < -0.4 is 10.3 Å². The molecule has 0 unspecified atom stereocenters. The topological polar surface area (TPSA) is 99.9 Å². The molecule has 0 spiro atoms. The van der Waals surface area contributed by atoms with E-state index >= 15 is 0 Å². The molecule has 2 heterocycles. The number of aryl methyl sites for hydroxylation is 1. The summed E-state index contributed by atoms with van der Waals surface area (Å²) in [6.07, 6.45) is 0. The summed E-state index contributed by atoms with van der Waals surface area (Å²) in [5, 5.41) is 23.9. The molecule has 7 heteroatoms. The van der Waals surface area contributed by atoms with Crippen LogP contribution in [0, 0.1) is 6.92 Å². The molecule has 5 rings (SSSR count). The SMILES string of the molecule is Cc1[nH]c2c(-c3ccccc3)c(-c3ccccc3)nn2c(=O)c1-c1ccc(O)c(OCCO)c1. The Labute approximate surface area is 195 Å². The fraction of sp³-hybridized carbons (Fsp3) is 0.111. The monoisotopic (exact) mass is 453 g/mol. The Balaban J connectivity index is 1.77. The zero-order valence-corrected chi connectivity index (χ0v) is 18.5. The third-order valence-corrected chi connectivity index (χ3v) is 5.68. The summed E-state index contributed by atoms with van der Waals surface area (Å²) >= 11 is 0. The molecule has 0 amide bonds. The average molecular weight is 453 g/mol. The van der Waals surface area contributed by atoms with E-state index in [1.807, 2.05) is 67.6 Å². The van der Waals surface area contributed by atoms with Crippen molar-refractivity contribution in [1.82, 2.24) is 14.6 Å². The fourth-order valence-corrected chi connectivity index (χ4v) is 4.14. The van der Waals surface area contributed by atoms with E-state index in [2.05, 4.69) is 4.98 Å². The van der Waals surface area contributed by atoms with Gasteiger partial charge >= 0.3 is 0 Å². The highest BCUT2D eigenvalue weighted by molar-refractivity contribution is 5.91. The van der Waals surface area contributed by atoms with Gasteiger partial charge in [-0.2, -0.15) is 9.61 Å². The number of benzene rings is 3. The fourth-order valence-electron chi connectivity index (χ4n) is 4.14. The number of rotatable bonds is 6. The molecule has 3 N–H and O–H groups in total. The third kappa shape index (κ3) is 3.72. The van der Waals surface area contributed by atoms with E-state index in [1.54, 1.807) is 12.1 Å². The summed E-state index contributed by atoms with van der Waals surface area (Å²) < 4.78 is 6.82. The second kappa shape index (κ2) is 8.88. The van der Waals surface area contributed by atoms with Crippen LogP contribution >= 0.6 is 0 Å². The largest absolute Gasteiger partial charge is 0.504 e. The number of nitrogens with zero attached hydrogens (tertiary/aromatic N) is 2. The van der Waals surface area contributed by atoms with Crippen LogP contribution in [0.5, 0.6) is 11.5 Å². The van der Waals surface area contributed by atoms with Crippen molar-refractivity contribution in [2.75, 3.05) is 13.2 Å². The molecule has 0 atom stereocenters. The van der Waals surface area contributed by atoms with Gasteiger partial charge in [0.15, 0.2) is 11.5 Å². The van der Waals surface area contributed by atoms with Crippen molar-refractivity contribution in [3.05, 3.63) is 94.9 Å². The van der Waals surface area contributed by atoms with E-state index in [4.69, 9.17) is 14.9 Å². The maximum absolute atomic E-state index is 13.7. The predicted molar refractivity (Wildman–Crippen MR) is 131 cm³/mol. The number of aromatic hydroxyl groups is 1. The second-order valence-corrected chi connectivity index (χ2v) is 7.90. The molecular weight excluding hydrogens is 430 g/mol. The van der Waals surface area contributed by atoms with Gasteiger partial charge in [0, 0.05) is 11.3 Å². The number of aliphatic hydroxyl groups is 1. The highest BCUT2D eigenvalue weighted by Gasteiger charge is 2.22. The molecule has 170 valence electrons. The van der Waals surface area contributed by atoms with Gasteiger partial charge in [0.05, 0.1) is 17.7 Å². The van der Waals surface area contributed by atoms with Crippen LogP contribution in [0.15, 0.2) is 83.7 Å². The van der Waals surface area contributed by atoms with Crippen LogP contribution in [0.25, 0.3) is 39.2 Å². The van der Waals surface area contributed by atoms with Gasteiger partial charge in [-0.05, 0) is 30.2 Å². The number of aromatic nitrogens is 3. The van der Waals surface area contributed by atoms with Gasteiger partial charge in [0.2, 0.25) is 0 Å². The van der Waals surface area contributed by atoms with Gasteiger partial charge in [-0.15, -0.1) is 0 Å². The highest BCUT2D eigenvalue weighted by atomic mass is 16.5. The number of fused-ring (bicyclic) bond motifs is 1. The van der Waals surface area contributed by atoms with Gasteiger partial charge in [-0.25, -0.2) is 0 Å². The van der Waals surface area contributed by atoms with Crippen molar-refractivity contribution in [3.8, 4) is 45.0 Å². The summed E-state index contributed by atoms with van der Waals surface area (Å²) in [4.78, 5) is 17.1. The van der Waals surface area contributed by atoms with Gasteiger partial charge in [-0.3, -0.25) is 4.79 Å². The van der Waals surface area contributed by atoms with Crippen LogP contribution in [-0.2, 0) is 0 Å². The molecule has 34 heavy (non-hydrogen) atoms. The Morgan fingerprint density at radius 2 is 1.59 bits per heavy atom. The van der Waals surface area contributed by atoms with Crippen molar-refractivity contribution < 1.29 is 14.9 Å². The van der Waals surface area contributed by atoms with Gasteiger partial charge in [0.1, 0.15) is 17.9 Å². The lowest BCUT2D eigenvalue weighted by Gasteiger charge is -2.11. The Hall–Kier alpha value is -4.36. The van der Waals surface area contributed by atoms with Crippen molar-refractivity contribution in [2.45, 2.75) is 6.92 Å². The van der Waals surface area contributed by atoms with Crippen molar-refractivity contribution >= 4 is 5.65 Å². The second-order valence-electron chi connectivity index (χ2n) is 7.90. The Kier molecular flexibility index (Phi) is 5.61. The summed E-state index contributed by atoms with van der Waals surface area (Å²) in [7, 11) is 0. The maximum atomic E-state index is 13.7. The standard InChI is InChI=1S/C27H23N3O4/c1-17-23(20-12-13-21(32)22(16-20)34-15-14-31)27(33)30-26(28-17)24(18-8-4-2-5-9-18)25(29-30)19-10-6-3-7-11-19/h2-13,16,28,31-32H,14-15H2,1H3. The zero-order valence-electron chi connectivity index (χ0n) is 18.5. The number of ether oxygens (including phenoxy) is 1. The number of H-pyrrole nitrogens is 1. The molecular formula is C27H23N3O4. The number of nitrogens with one attached hydrogen (secondary N) is 1. The summed E-state index contributed by atoms with van der Waals surface area (Å²) in [6.45, 7) is 1.68. The molecule has 0 aliphatic carbocycles. The number of aliphatic hydroxyl groups excluding tert-OH is 1.